The van der Waals surface area contributed by atoms with Crippen LogP contribution in [0.1, 0.15) is 55.5 Å². The average Bonchev–Trinajstić information content (AvgIpc) is 3.33. The van der Waals surface area contributed by atoms with Gasteiger partial charge in [0.05, 0.1) is 6.54 Å². The summed E-state index contributed by atoms with van der Waals surface area (Å²) in [7, 11) is 0. The highest BCUT2D eigenvalue weighted by Gasteiger charge is 2.23. The third kappa shape index (κ3) is 5.94. The van der Waals surface area contributed by atoms with E-state index in [1.54, 1.807) is 6.07 Å². The Hall–Kier alpha value is -2.11. The second-order valence-corrected chi connectivity index (χ2v) is 8.58. The quantitative estimate of drug-likeness (QED) is 0.751. The van der Waals surface area contributed by atoms with Crippen LogP contribution in [0, 0.1) is 0 Å². The van der Waals surface area contributed by atoms with E-state index in [2.05, 4.69) is 60.2 Å². The average molecular weight is 384 g/mol. The normalized spacial score (nSPS) is 15.3. The Morgan fingerprint density at radius 1 is 1.07 bits per heavy atom. The summed E-state index contributed by atoms with van der Waals surface area (Å²) in [6, 6.07) is 14.1. The van der Waals surface area contributed by atoms with Crippen molar-refractivity contribution in [2.75, 3.05) is 26.2 Å². The van der Waals surface area contributed by atoms with Gasteiger partial charge >= 0.3 is 0 Å². The summed E-state index contributed by atoms with van der Waals surface area (Å²) in [5, 5.41) is 2.97. The molecular formula is C23H33N3O2. The molecule has 1 N–H and O–H groups in total. The lowest BCUT2D eigenvalue weighted by Crippen LogP contribution is -2.40. The van der Waals surface area contributed by atoms with Crippen LogP contribution in [0.2, 0.25) is 0 Å². The van der Waals surface area contributed by atoms with Crippen LogP contribution >= 0.6 is 0 Å². The molecule has 1 fully saturated rings. The summed E-state index contributed by atoms with van der Waals surface area (Å²) < 4.78 is 5.86. The lowest BCUT2D eigenvalue weighted by atomic mass is 10.0. The molecule has 0 bridgehead atoms. The van der Waals surface area contributed by atoms with Gasteiger partial charge in [-0.3, -0.25) is 9.69 Å². The highest BCUT2D eigenvalue weighted by atomic mass is 16.4. The Morgan fingerprint density at radius 3 is 2.46 bits per heavy atom. The summed E-state index contributed by atoms with van der Waals surface area (Å²) in [5.74, 6) is 1.08. The molecule has 1 aromatic carbocycles. The maximum absolute atomic E-state index is 12.4. The van der Waals surface area contributed by atoms with Gasteiger partial charge < -0.3 is 14.6 Å². The zero-order valence-electron chi connectivity index (χ0n) is 17.4. The maximum atomic E-state index is 12.4. The first kappa shape index (κ1) is 20.6. The minimum absolute atomic E-state index is 0.0131. The number of hydrogen-bond donors (Lipinski definition) is 1. The van der Waals surface area contributed by atoms with Crippen LogP contribution < -0.4 is 5.32 Å². The molecule has 5 heteroatoms. The van der Waals surface area contributed by atoms with Crippen molar-refractivity contribution in [3.63, 3.8) is 0 Å². The number of furan rings is 1. The third-order valence-corrected chi connectivity index (χ3v) is 5.31. The number of nitrogens with one attached hydrogen (secondary N) is 1. The molecular weight excluding hydrogens is 350 g/mol. The second-order valence-electron chi connectivity index (χ2n) is 8.58. The molecule has 0 spiro atoms. The minimum Gasteiger partial charge on any atom is -0.455 e. The number of carbonyl (C=O) groups is 1. The van der Waals surface area contributed by atoms with Gasteiger partial charge in [-0.25, -0.2) is 0 Å². The predicted molar refractivity (Wildman–Crippen MR) is 112 cm³/mol. The van der Waals surface area contributed by atoms with Crippen molar-refractivity contribution in [1.82, 2.24) is 15.1 Å². The first-order valence-corrected chi connectivity index (χ1v) is 10.3. The Balaban J connectivity index is 1.55. The molecule has 152 valence electrons. The zero-order valence-corrected chi connectivity index (χ0v) is 17.4. The van der Waals surface area contributed by atoms with Gasteiger partial charge in [0, 0.05) is 25.2 Å². The Labute approximate surface area is 168 Å². The van der Waals surface area contributed by atoms with Crippen molar-refractivity contribution >= 4 is 5.91 Å². The van der Waals surface area contributed by atoms with E-state index in [4.69, 9.17) is 4.42 Å². The molecule has 1 amide bonds. The fourth-order valence-electron chi connectivity index (χ4n) is 3.53. The molecule has 0 atom stereocenters. The number of hydrogen-bond acceptors (Lipinski definition) is 4. The standard InChI is InChI=1S/C23H33N3O2/c1-23(2,3)26(17-19-9-5-4-6-10-19)18-20-11-12-21(28-20)22(27)24-13-16-25-14-7-8-15-25/h4-6,9-12H,7-8,13-18H2,1-3H3,(H,24,27). The minimum atomic E-state index is -0.129. The summed E-state index contributed by atoms with van der Waals surface area (Å²) in [5.41, 5.74) is 1.25. The van der Waals surface area contributed by atoms with Crippen LogP contribution in [0.3, 0.4) is 0 Å². The van der Waals surface area contributed by atoms with Gasteiger partial charge in [-0.1, -0.05) is 30.3 Å². The second kappa shape index (κ2) is 9.39. The van der Waals surface area contributed by atoms with Crippen LogP contribution in [0.4, 0.5) is 0 Å². The van der Waals surface area contributed by atoms with Crippen LogP contribution in [0.25, 0.3) is 0 Å². The smallest absolute Gasteiger partial charge is 0.287 e. The molecule has 1 aromatic heterocycles. The molecule has 5 nitrogen and oxygen atoms in total. The molecule has 1 aliphatic heterocycles. The van der Waals surface area contributed by atoms with E-state index in [0.29, 0.717) is 18.8 Å². The maximum Gasteiger partial charge on any atom is 0.287 e. The molecule has 28 heavy (non-hydrogen) atoms. The molecule has 2 aromatic rings. The van der Waals surface area contributed by atoms with Crippen LogP contribution in [-0.4, -0.2) is 47.4 Å². The van der Waals surface area contributed by atoms with Crippen molar-refractivity contribution in [2.24, 2.45) is 0 Å². The van der Waals surface area contributed by atoms with Crippen molar-refractivity contribution in [3.05, 3.63) is 59.5 Å². The van der Waals surface area contributed by atoms with Crippen LogP contribution in [-0.2, 0) is 13.1 Å². The number of benzene rings is 1. The van der Waals surface area contributed by atoms with Gasteiger partial charge in [-0.15, -0.1) is 0 Å². The molecule has 3 rings (SSSR count). The monoisotopic (exact) mass is 383 g/mol. The van der Waals surface area contributed by atoms with Crippen LogP contribution in [0.15, 0.2) is 46.9 Å². The highest BCUT2D eigenvalue weighted by Crippen LogP contribution is 2.21. The van der Waals surface area contributed by atoms with E-state index in [0.717, 1.165) is 31.9 Å². The lowest BCUT2D eigenvalue weighted by Gasteiger charge is -2.35. The van der Waals surface area contributed by atoms with E-state index < -0.39 is 0 Å². The topological polar surface area (TPSA) is 48.7 Å². The number of rotatable bonds is 8. The van der Waals surface area contributed by atoms with Gasteiger partial charge in [0.15, 0.2) is 5.76 Å². The Morgan fingerprint density at radius 2 is 1.79 bits per heavy atom. The van der Waals surface area contributed by atoms with Crippen molar-refractivity contribution in [2.45, 2.75) is 52.2 Å². The van der Waals surface area contributed by atoms with Gasteiger partial charge in [0.25, 0.3) is 5.91 Å². The molecule has 1 aliphatic rings. The van der Waals surface area contributed by atoms with Crippen LogP contribution in [0.5, 0.6) is 0 Å². The SMILES string of the molecule is CC(C)(C)N(Cc1ccccc1)Cc1ccc(C(=O)NCCN2CCCC2)o1. The Kier molecular flexibility index (Phi) is 6.92. The lowest BCUT2D eigenvalue weighted by molar-refractivity contribution is 0.0902. The highest BCUT2D eigenvalue weighted by molar-refractivity contribution is 5.91. The molecule has 0 unspecified atom stereocenters. The molecule has 1 saturated heterocycles. The van der Waals surface area contributed by atoms with Crippen molar-refractivity contribution in [3.8, 4) is 0 Å². The summed E-state index contributed by atoms with van der Waals surface area (Å²) in [4.78, 5) is 17.1. The summed E-state index contributed by atoms with van der Waals surface area (Å²) in [6.07, 6.45) is 2.53. The third-order valence-electron chi connectivity index (χ3n) is 5.31. The molecule has 2 heterocycles. The van der Waals surface area contributed by atoms with Gasteiger partial charge in [0.1, 0.15) is 5.76 Å². The molecule has 0 radical (unpaired) electrons. The van der Waals surface area contributed by atoms with E-state index in [9.17, 15) is 4.79 Å². The first-order chi connectivity index (χ1) is 13.4. The molecule has 0 saturated carbocycles. The van der Waals surface area contributed by atoms with E-state index in [1.165, 1.54) is 18.4 Å². The number of nitrogens with zero attached hydrogens (tertiary/aromatic N) is 2. The van der Waals surface area contributed by atoms with E-state index in [-0.39, 0.29) is 11.4 Å². The largest absolute Gasteiger partial charge is 0.455 e. The summed E-state index contributed by atoms with van der Waals surface area (Å²) >= 11 is 0. The fraction of sp³-hybridized carbons (Fsp3) is 0.522. The van der Waals surface area contributed by atoms with E-state index >= 15 is 0 Å². The van der Waals surface area contributed by atoms with Crippen molar-refractivity contribution < 1.29 is 9.21 Å². The van der Waals surface area contributed by atoms with Gasteiger partial charge in [-0.05, 0) is 64.4 Å². The van der Waals surface area contributed by atoms with Gasteiger partial charge in [0.2, 0.25) is 0 Å². The molecule has 0 aliphatic carbocycles. The Bertz CT molecular complexity index is 743. The number of likely N-dealkylation sites (tertiary alicyclic amines) is 1. The first-order valence-electron chi connectivity index (χ1n) is 10.3. The summed E-state index contributed by atoms with van der Waals surface area (Å²) in [6.45, 7) is 12.0. The van der Waals surface area contributed by atoms with E-state index in [1.807, 2.05) is 12.1 Å². The zero-order chi connectivity index (χ0) is 20.0. The van der Waals surface area contributed by atoms with Crippen molar-refractivity contribution in [1.29, 1.82) is 0 Å². The van der Waals surface area contributed by atoms with Gasteiger partial charge in [-0.2, -0.15) is 0 Å². The number of carbonyl (C=O) groups excluding carboxylic acids is 1. The predicted octanol–water partition coefficient (Wildman–Crippen LogP) is 3.91. The number of amides is 1. The fourth-order valence-corrected chi connectivity index (χ4v) is 3.53.